The summed E-state index contributed by atoms with van der Waals surface area (Å²) in [5.41, 5.74) is 6.65. The third kappa shape index (κ3) is 2.88. The van der Waals surface area contributed by atoms with Gasteiger partial charge in [-0.25, -0.2) is 4.98 Å². The van der Waals surface area contributed by atoms with E-state index in [1.807, 2.05) is 6.92 Å². The topological polar surface area (TPSA) is 84.1 Å². The monoisotopic (exact) mass is 249 g/mol. The smallest absolute Gasteiger partial charge is 0.221 e. The van der Waals surface area contributed by atoms with E-state index in [-0.39, 0.29) is 11.9 Å². The third-order valence-electron chi connectivity index (χ3n) is 3.17. The summed E-state index contributed by atoms with van der Waals surface area (Å²) in [6.45, 7) is 5.29. The first kappa shape index (κ1) is 12.6. The van der Waals surface area contributed by atoms with E-state index < -0.39 is 0 Å². The molecule has 0 unspecified atom stereocenters. The normalized spacial score (nSPS) is 16.7. The fraction of sp³-hybridized carbons (Fsp3) is 0.583. The van der Waals surface area contributed by atoms with Gasteiger partial charge in [0.25, 0.3) is 0 Å². The first-order valence-electron chi connectivity index (χ1n) is 6.17. The zero-order chi connectivity index (χ0) is 13.1. The molecule has 2 heterocycles. The molecule has 2 rings (SSSR count). The second-order valence-corrected chi connectivity index (χ2v) is 4.70. The van der Waals surface area contributed by atoms with Crippen LogP contribution >= 0.6 is 0 Å². The van der Waals surface area contributed by atoms with Gasteiger partial charge in [-0.2, -0.15) is 4.98 Å². The van der Waals surface area contributed by atoms with Crippen LogP contribution in [-0.4, -0.2) is 35.0 Å². The molecule has 98 valence electrons. The fourth-order valence-electron chi connectivity index (χ4n) is 2.29. The maximum atomic E-state index is 11.0. The quantitative estimate of drug-likeness (QED) is 0.796. The number of nitrogens with one attached hydrogen (secondary N) is 1. The van der Waals surface area contributed by atoms with Crippen molar-refractivity contribution in [2.75, 3.05) is 23.7 Å². The average Bonchev–Trinajstić information content (AvgIpc) is 2.33. The predicted octanol–water partition coefficient (Wildman–Crippen LogP) is 0.472. The number of nitrogens with zero attached hydrogens (tertiary/aromatic N) is 3. The molecule has 1 aromatic rings. The van der Waals surface area contributed by atoms with Crippen molar-refractivity contribution in [1.82, 2.24) is 15.3 Å². The molecule has 0 radical (unpaired) electrons. The standard InChI is InChI=1S/C12H19N5O/c1-8-7-14-12(13)16-11(8)17-5-3-10(4-6-17)15-9(2)18/h7,10H,3-6H2,1-2H3,(H,15,18)(H2,13,14,16). The Bertz CT molecular complexity index is 440. The van der Waals surface area contributed by atoms with Crippen LogP contribution in [0.1, 0.15) is 25.3 Å². The molecule has 6 nitrogen and oxygen atoms in total. The van der Waals surface area contributed by atoms with Crippen molar-refractivity contribution in [3.8, 4) is 0 Å². The van der Waals surface area contributed by atoms with Crippen molar-refractivity contribution in [3.63, 3.8) is 0 Å². The van der Waals surface area contributed by atoms with Gasteiger partial charge in [-0.05, 0) is 19.8 Å². The molecule has 1 aliphatic heterocycles. The maximum absolute atomic E-state index is 11.0. The summed E-state index contributed by atoms with van der Waals surface area (Å²) in [7, 11) is 0. The van der Waals surface area contributed by atoms with E-state index in [1.165, 1.54) is 0 Å². The summed E-state index contributed by atoms with van der Waals surface area (Å²) < 4.78 is 0. The Labute approximate surface area is 107 Å². The van der Waals surface area contributed by atoms with Gasteiger partial charge in [0.05, 0.1) is 0 Å². The highest BCUT2D eigenvalue weighted by molar-refractivity contribution is 5.73. The second kappa shape index (κ2) is 5.20. The van der Waals surface area contributed by atoms with Gasteiger partial charge in [-0.1, -0.05) is 0 Å². The summed E-state index contributed by atoms with van der Waals surface area (Å²) >= 11 is 0. The second-order valence-electron chi connectivity index (χ2n) is 4.70. The maximum Gasteiger partial charge on any atom is 0.221 e. The zero-order valence-electron chi connectivity index (χ0n) is 10.8. The molecule has 0 aliphatic carbocycles. The van der Waals surface area contributed by atoms with Crippen LogP contribution in [0.2, 0.25) is 0 Å². The van der Waals surface area contributed by atoms with Gasteiger partial charge >= 0.3 is 0 Å². The summed E-state index contributed by atoms with van der Waals surface area (Å²) in [5.74, 6) is 1.25. The van der Waals surface area contributed by atoms with Gasteiger partial charge in [0.1, 0.15) is 5.82 Å². The lowest BCUT2D eigenvalue weighted by Crippen LogP contribution is -2.44. The van der Waals surface area contributed by atoms with Crippen LogP contribution < -0.4 is 16.0 Å². The Balaban J connectivity index is 2.01. The van der Waals surface area contributed by atoms with Crippen LogP contribution in [0, 0.1) is 6.92 Å². The first-order chi connectivity index (χ1) is 8.56. The largest absolute Gasteiger partial charge is 0.368 e. The van der Waals surface area contributed by atoms with Gasteiger partial charge in [0.2, 0.25) is 11.9 Å². The molecule has 6 heteroatoms. The van der Waals surface area contributed by atoms with Crippen LogP contribution in [0.25, 0.3) is 0 Å². The SMILES string of the molecule is CC(=O)NC1CCN(c2nc(N)ncc2C)CC1. The Morgan fingerprint density at radius 2 is 2.17 bits per heavy atom. The lowest BCUT2D eigenvalue weighted by Gasteiger charge is -2.33. The lowest BCUT2D eigenvalue weighted by molar-refractivity contribution is -0.119. The molecule has 0 atom stereocenters. The van der Waals surface area contributed by atoms with Crippen LogP contribution in [0.5, 0.6) is 0 Å². The number of anilines is 2. The molecule has 0 spiro atoms. The molecule has 1 saturated heterocycles. The molecule has 3 N–H and O–H groups in total. The minimum atomic E-state index is 0.0379. The van der Waals surface area contributed by atoms with E-state index in [9.17, 15) is 4.79 Å². The number of nitrogens with two attached hydrogens (primary N) is 1. The van der Waals surface area contributed by atoms with E-state index in [4.69, 9.17) is 5.73 Å². The van der Waals surface area contributed by atoms with Gasteiger partial charge in [-0.3, -0.25) is 4.79 Å². The highest BCUT2D eigenvalue weighted by atomic mass is 16.1. The number of hydrogen-bond acceptors (Lipinski definition) is 5. The van der Waals surface area contributed by atoms with Crippen molar-refractivity contribution in [2.45, 2.75) is 32.7 Å². The molecular formula is C12H19N5O. The highest BCUT2D eigenvalue weighted by Crippen LogP contribution is 2.21. The molecule has 1 aromatic heterocycles. The fourth-order valence-corrected chi connectivity index (χ4v) is 2.29. The van der Waals surface area contributed by atoms with Gasteiger partial charge in [0.15, 0.2) is 0 Å². The summed E-state index contributed by atoms with van der Waals surface area (Å²) in [5, 5.41) is 2.96. The number of hydrogen-bond donors (Lipinski definition) is 2. The number of rotatable bonds is 2. The number of nitrogen functional groups attached to an aromatic ring is 1. The van der Waals surface area contributed by atoms with Crippen LogP contribution in [0.3, 0.4) is 0 Å². The summed E-state index contributed by atoms with van der Waals surface area (Å²) in [4.78, 5) is 21.5. The van der Waals surface area contributed by atoms with E-state index >= 15 is 0 Å². The summed E-state index contributed by atoms with van der Waals surface area (Å²) in [6, 6.07) is 0.276. The third-order valence-corrected chi connectivity index (χ3v) is 3.17. The molecule has 0 aromatic carbocycles. The Morgan fingerprint density at radius 3 is 2.78 bits per heavy atom. The van der Waals surface area contributed by atoms with Crippen molar-refractivity contribution in [1.29, 1.82) is 0 Å². The summed E-state index contributed by atoms with van der Waals surface area (Å²) in [6.07, 6.45) is 3.61. The number of amides is 1. The zero-order valence-corrected chi connectivity index (χ0v) is 10.8. The number of aryl methyl sites for hydroxylation is 1. The number of piperidine rings is 1. The van der Waals surface area contributed by atoms with Crippen molar-refractivity contribution >= 4 is 17.7 Å². The van der Waals surface area contributed by atoms with Crippen LogP contribution in [-0.2, 0) is 4.79 Å². The minimum absolute atomic E-state index is 0.0379. The molecular weight excluding hydrogens is 230 g/mol. The molecule has 1 amide bonds. The molecule has 0 saturated carbocycles. The van der Waals surface area contributed by atoms with Crippen molar-refractivity contribution in [3.05, 3.63) is 11.8 Å². The van der Waals surface area contributed by atoms with Crippen LogP contribution in [0.15, 0.2) is 6.20 Å². The Hall–Kier alpha value is -1.85. The minimum Gasteiger partial charge on any atom is -0.368 e. The van der Waals surface area contributed by atoms with E-state index in [1.54, 1.807) is 13.1 Å². The van der Waals surface area contributed by atoms with Crippen molar-refractivity contribution in [2.24, 2.45) is 0 Å². The lowest BCUT2D eigenvalue weighted by atomic mass is 10.0. The van der Waals surface area contributed by atoms with E-state index in [0.717, 1.165) is 37.3 Å². The molecule has 1 fully saturated rings. The van der Waals surface area contributed by atoms with E-state index in [2.05, 4.69) is 20.2 Å². The van der Waals surface area contributed by atoms with Gasteiger partial charge < -0.3 is 16.0 Å². The highest BCUT2D eigenvalue weighted by Gasteiger charge is 2.21. The predicted molar refractivity (Wildman–Crippen MR) is 70.2 cm³/mol. The number of carbonyl (C=O) groups excluding carboxylic acids is 1. The number of carbonyl (C=O) groups is 1. The first-order valence-corrected chi connectivity index (χ1v) is 6.17. The van der Waals surface area contributed by atoms with Gasteiger partial charge in [0, 0.05) is 37.8 Å². The van der Waals surface area contributed by atoms with Crippen LogP contribution in [0.4, 0.5) is 11.8 Å². The molecule has 0 bridgehead atoms. The Morgan fingerprint density at radius 1 is 1.50 bits per heavy atom. The van der Waals surface area contributed by atoms with Crippen molar-refractivity contribution < 1.29 is 4.79 Å². The average molecular weight is 249 g/mol. The molecule has 18 heavy (non-hydrogen) atoms. The number of aromatic nitrogens is 2. The van der Waals surface area contributed by atoms with Gasteiger partial charge in [-0.15, -0.1) is 0 Å². The van der Waals surface area contributed by atoms with E-state index in [0.29, 0.717) is 5.95 Å². The Kier molecular flexibility index (Phi) is 3.64. The molecule has 1 aliphatic rings.